The van der Waals surface area contributed by atoms with Crippen LogP contribution in [0.15, 0.2) is 24.4 Å². The fraction of sp³-hybridized carbons (Fsp3) is 0.267. The first-order chi connectivity index (χ1) is 11.9. The van der Waals surface area contributed by atoms with E-state index in [2.05, 4.69) is 25.9 Å². The highest BCUT2D eigenvalue weighted by molar-refractivity contribution is 5.99. The average molecular weight is 351 g/mol. The van der Waals surface area contributed by atoms with Crippen LogP contribution in [0.1, 0.15) is 11.1 Å². The zero-order chi connectivity index (χ0) is 18.0. The van der Waals surface area contributed by atoms with E-state index in [-0.39, 0.29) is 37.2 Å². The number of alkyl halides is 3. The maximum absolute atomic E-state index is 13.0. The Kier molecular flexibility index (Phi) is 4.45. The summed E-state index contributed by atoms with van der Waals surface area (Å²) in [5, 5.41) is 8.01. The molecule has 25 heavy (non-hydrogen) atoms. The quantitative estimate of drug-likeness (QED) is 0.768. The molecule has 7 nitrogen and oxygen atoms in total. The monoisotopic (exact) mass is 351 g/mol. The molecule has 1 aliphatic heterocycles. The van der Waals surface area contributed by atoms with Crippen LogP contribution in [-0.2, 0) is 17.4 Å². The Morgan fingerprint density at radius 3 is 2.84 bits per heavy atom. The van der Waals surface area contributed by atoms with Crippen molar-refractivity contribution in [1.29, 1.82) is 0 Å². The van der Waals surface area contributed by atoms with E-state index >= 15 is 0 Å². The average Bonchev–Trinajstić information content (AvgIpc) is 2.91. The van der Waals surface area contributed by atoms with Crippen molar-refractivity contribution in [3.8, 4) is 0 Å². The topological polar surface area (TPSA) is 103 Å². The van der Waals surface area contributed by atoms with Gasteiger partial charge in [0.15, 0.2) is 0 Å². The Balaban J connectivity index is 1.85. The Bertz CT molecular complexity index is 808. The van der Waals surface area contributed by atoms with Crippen LogP contribution < -0.4 is 16.0 Å². The highest BCUT2D eigenvalue weighted by atomic mass is 19.4. The van der Waals surface area contributed by atoms with Crippen molar-refractivity contribution in [2.45, 2.75) is 12.6 Å². The second-order valence-electron chi connectivity index (χ2n) is 5.35. The van der Waals surface area contributed by atoms with Crippen LogP contribution >= 0.6 is 0 Å². The van der Waals surface area contributed by atoms with Crippen LogP contribution in [0.4, 0.5) is 36.3 Å². The van der Waals surface area contributed by atoms with Crippen LogP contribution in [0, 0.1) is 0 Å². The van der Waals surface area contributed by atoms with Gasteiger partial charge in [-0.1, -0.05) is 0 Å². The first-order valence-electron chi connectivity index (χ1n) is 7.39. The van der Waals surface area contributed by atoms with E-state index in [1.54, 1.807) is 18.2 Å². The zero-order valence-electron chi connectivity index (χ0n) is 12.9. The molecule has 0 fully saturated rings. The number of halogens is 3. The molecular formula is C15H14F3N6O-. The summed E-state index contributed by atoms with van der Waals surface area (Å²) in [6.07, 6.45) is -3.66. The SMILES string of the molecule is [NH-]CCNc1nc(Nc2ccc3c(c2)CC(=O)N3)ncc1C(F)(F)F. The van der Waals surface area contributed by atoms with Crippen molar-refractivity contribution < 1.29 is 18.0 Å². The van der Waals surface area contributed by atoms with Gasteiger partial charge in [0, 0.05) is 17.6 Å². The summed E-state index contributed by atoms with van der Waals surface area (Å²) < 4.78 is 39.0. The third-order valence-electron chi connectivity index (χ3n) is 3.50. The van der Waals surface area contributed by atoms with Crippen LogP contribution in [-0.4, -0.2) is 29.0 Å². The van der Waals surface area contributed by atoms with Crippen LogP contribution in [0.3, 0.4) is 0 Å². The van der Waals surface area contributed by atoms with Crippen molar-refractivity contribution in [2.75, 3.05) is 29.0 Å². The van der Waals surface area contributed by atoms with Gasteiger partial charge in [-0.25, -0.2) is 4.98 Å². The molecule has 10 heteroatoms. The van der Waals surface area contributed by atoms with Crippen molar-refractivity contribution in [2.24, 2.45) is 0 Å². The minimum absolute atomic E-state index is 0.0160. The summed E-state index contributed by atoms with van der Waals surface area (Å²) in [5.74, 6) is -0.507. The maximum atomic E-state index is 13.0. The van der Waals surface area contributed by atoms with Crippen molar-refractivity contribution in [1.82, 2.24) is 9.97 Å². The molecule has 1 aromatic heterocycles. The molecule has 2 heterocycles. The lowest BCUT2D eigenvalue weighted by atomic mass is 10.1. The molecule has 132 valence electrons. The van der Waals surface area contributed by atoms with Crippen LogP contribution in [0.25, 0.3) is 5.73 Å². The number of benzene rings is 1. The molecule has 0 saturated carbocycles. The van der Waals surface area contributed by atoms with Gasteiger partial charge >= 0.3 is 6.18 Å². The van der Waals surface area contributed by atoms with Crippen molar-refractivity contribution >= 4 is 29.0 Å². The third kappa shape index (κ3) is 3.79. The number of anilines is 4. The Morgan fingerprint density at radius 2 is 2.12 bits per heavy atom. The summed E-state index contributed by atoms with van der Waals surface area (Å²) in [6.45, 7) is -0.0535. The van der Waals surface area contributed by atoms with Gasteiger partial charge in [0.2, 0.25) is 11.9 Å². The van der Waals surface area contributed by atoms with Gasteiger partial charge in [-0.15, -0.1) is 6.54 Å². The van der Waals surface area contributed by atoms with E-state index in [1.807, 2.05) is 0 Å². The second-order valence-corrected chi connectivity index (χ2v) is 5.35. The number of nitrogens with one attached hydrogen (secondary N) is 4. The molecule has 0 radical (unpaired) electrons. The van der Waals surface area contributed by atoms with E-state index in [0.717, 1.165) is 5.56 Å². The van der Waals surface area contributed by atoms with E-state index in [4.69, 9.17) is 5.73 Å². The van der Waals surface area contributed by atoms with Gasteiger partial charge in [-0.3, -0.25) is 4.79 Å². The lowest BCUT2D eigenvalue weighted by Gasteiger charge is -2.15. The van der Waals surface area contributed by atoms with Gasteiger partial charge < -0.3 is 21.7 Å². The predicted octanol–water partition coefficient (Wildman–Crippen LogP) is 3.20. The Morgan fingerprint density at radius 1 is 1.32 bits per heavy atom. The molecule has 1 aromatic carbocycles. The van der Waals surface area contributed by atoms with Crippen LogP contribution in [0.5, 0.6) is 0 Å². The Hall–Kier alpha value is -2.88. The van der Waals surface area contributed by atoms with Gasteiger partial charge in [-0.2, -0.15) is 18.2 Å². The van der Waals surface area contributed by atoms with Crippen molar-refractivity contribution in [3.05, 3.63) is 41.3 Å². The van der Waals surface area contributed by atoms with Crippen molar-refractivity contribution in [3.63, 3.8) is 0 Å². The molecule has 2 aromatic rings. The number of amides is 1. The summed E-state index contributed by atoms with van der Waals surface area (Å²) >= 11 is 0. The van der Waals surface area contributed by atoms with Gasteiger partial charge in [0.25, 0.3) is 0 Å². The number of carbonyl (C=O) groups excluding carboxylic acids is 1. The van der Waals surface area contributed by atoms with E-state index in [9.17, 15) is 18.0 Å². The second kappa shape index (κ2) is 6.55. The lowest BCUT2D eigenvalue weighted by molar-refractivity contribution is -0.137. The molecule has 0 spiro atoms. The molecule has 0 unspecified atom stereocenters. The predicted molar refractivity (Wildman–Crippen MR) is 86.8 cm³/mol. The smallest absolute Gasteiger partial charge is 0.421 e. The van der Waals surface area contributed by atoms with Crippen LogP contribution in [0.2, 0.25) is 0 Å². The molecule has 1 amide bonds. The normalized spacial score (nSPS) is 13.4. The molecule has 0 saturated heterocycles. The minimum atomic E-state index is -4.59. The summed E-state index contributed by atoms with van der Waals surface area (Å²) in [7, 11) is 0. The third-order valence-corrected chi connectivity index (χ3v) is 3.50. The largest absolute Gasteiger partial charge is 0.676 e. The zero-order valence-corrected chi connectivity index (χ0v) is 12.9. The molecule has 0 atom stereocenters. The molecule has 4 N–H and O–H groups in total. The van der Waals surface area contributed by atoms with E-state index in [1.165, 1.54) is 0 Å². The number of hydrogen-bond donors (Lipinski definition) is 3. The molecule has 0 aliphatic carbocycles. The van der Waals surface area contributed by atoms with Gasteiger partial charge in [-0.05, 0) is 30.3 Å². The summed E-state index contributed by atoms with van der Waals surface area (Å²) in [5.41, 5.74) is 8.13. The number of aromatic nitrogens is 2. The fourth-order valence-corrected chi connectivity index (χ4v) is 2.40. The van der Waals surface area contributed by atoms with Gasteiger partial charge in [0.05, 0.1) is 6.42 Å². The lowest BCUT2D eigenvalue weighted by Crippen LogP contribution is -2.15. The summed E-state index contributed by atoms with van der Waals surface area (Å²) in [6, 6.07) is 5.08. The van der Waals surface area contributed by atoms with Gasteiger partial charge in [0.1, 0.15) is 11.4 Å². The number of nitrogens with zero attached hydrogens (tertiary/aromatic N) is 2. The molecule has 0 bridgehead atoms. The number of fused-ring (bicyclic) bond motifs is 1. The fourth-order valence-electron chi connectivity index (χ4n) is 2.40. The highest BCUT2D eigenvalue weighted by Crippen LogP contribution is 2.34. The standard InChI is InChI=1S/C15H14F3N6O/c16-15(17,18)10-7-21-14(24-13(10)20-4-3-19)22-9-1-2-11-8(5-9)6-12(25)23-11/h1-2,5,7,19H,3-4,6H2,(H,23,25)(H2,20,21,22,24)/q-1. The first-order valence-corrected chi connectivity index (χ1v) is 7.39. The summed E-state index contributed by atoms with van der Waals surface area (Å²) in [4.78, 5) is 18.9. The molecular weight excluding hydrogens is 337 g/mol. The number of rotatable bonds is 5. The molecule has 1 aliphatic rings. The Labute approximate surface area is 140 Å². The maximum Gasteiger partial charge on any atom is 0.421 e. The molecule has 3 rings (SSSR count). The number of carbonyl (C=O) groups is 1. The van der Waals surface area contributed by atoms with E-state index < -0.39 is 11.7 Å². The van der Waals surface area contributed by atoms with E-state index in [0.29, 0.717) is 17.6 Å². The highest BCUT2D eigenvalue weighted by Gasteiger charge is 2.35. The number of hydrogen-bond acceptors (Lipinski definition) is 5. The minimum Gasteiger partial charge on any atom is -0.676 e. The first kappa shape index (κ1) is 17.0.